The summed E-state index contributed by atoms with van der Waals surface area (Å²) in [6.45, 7) is 7.24. The summed E-state index contributed by atoms with van der Waals surface area (Å²) in [5.74, 6) is -0.259. The molecular weight excluding hydrogens is 236 g/mol. The number of rotatable bonds is 8. The fraction of sp³-hybridized carbons (Fsp3) is 0.562. The van der Waals surface area contributed by atoms with E-state index in [1.165, 1.54) is 5.56 Å². The molecule has 0 saturated heterocycles. The lowest BCUT2D eigenvalue weighted by Crippen LogP contribution is -2.45. The van der Waals surface area contributed by atoms with Crippen molar-refractivity contribution in [3.63, 3.8) is 0 Å². The molecule has 1 atom stereocenters. The summed E-state index contributed by atoms with van der Waals surface area (Å²) in [5.41, 5.74) is 7.58. The quantitative estimate of drug-likeness (QED) is 0.757. The molecule has 3 heteroatoms. The van der Waals surface area contributed by atoms with Gasteiger partial charge in [0.05, 0.1) is 5.54 Å². The van der Waals surface area contributed by atoms with Crippen molar-refractivity contribution in [1.29, 1.82) is 0 Å². The van der Waals surface area contributed by atoms with Crippen LogP contribution in [-0.4, -0.2) is 12.5 Å². The molecule has 0 heterocycles. The van der Waals surface area contributed by atoms with Gasteiger partial charge in [-0.15, -0.1) is 0 Å². The maximum absolute atomic E-state index is 11.4. The summed E-state index contributed by atoms with van der Waals surface area (Å²) < 4.78 is 0. The molecule has 3 N–H and O–H groups in total. The van der Waals surface area contributed by atoms with Crippen molar-refractivity contribution in [3.8, 4) is 0 Å². The molecule has 106 valence electrons. The van der Waals surface area contributed by atoms with E-state index < -0.39 is 0 Å². The molecule has 0 saturated carbocycles. The van der Waals surface area contributed by atoms with Gasteiger partial charge in [-0.1, -0.05) is 45.0 Å². The van der Waals surface area contributed by atoms with Crippen LogP contribution in [0.1, 0.15) is 51.2 Å². The van der Waals surface area contributed by atoms with E-state index in [0.717, 1.165) is 31.4 Å². The Balaban J connectivity index is 3.07. The second-order valence-corrected chi connectivity index (χ2v) is 5.06. The summed E-state index contributed by atoms with van der Waals surface area (Å²) in [7, 11) is 0. The van der Waals surface area contributed by atoms with E-state index in [-0.39, 0.29) is 11.4 Å². The smallest absolute Gasteiger partial charge is 0.219 e. The molecule has 0 aliphatic heterocycles. The van der Waals surface area contributed by atoms with Crippen molar-refractivity contribution in [2.75, 3.05) is 6.54 Å². The average Bonchev–Trinajstić information content (AvgIpc) is 2.43. The lowest BCUT2D eigenvalue weighted by molar-refractivity contribution is -0.119. The predicted octanol–water partition coefficient (Wildman–Crippen LogP) is 2.73. The summed E-state index contributed by atoms with van der Waals surface area (Å²) in [6.07, 6.45) is 3.25. The predicted molar refractivity (Wildman–Crippen MR) is 79.9 cm³/mol. The Bertz CT molecular complexity index is 400. The lowest BCUT2D eigenvalue weighted by atomic mass is 9.83. The molecule has 0 spiro atoms. The first-order valence-electron chi connectivity index (χ1n) is 7.20. The average molecular weight is 262 g/mol. The maximum Gasteiger partial charge on any atom is 0.219 e. The highest BCUT2D eigenvalue weighted by atomic mass is 16.1. The van der Waals surface area contributed by atoms with E-state index in [4.69, 9.17) is 5.73 Å². The van der Waals surface area contributed by atoms with Crippen molar-refractivity contribution in [2.24, 2.45) is 5.73 Å². The zero-order valence-corrected chi connectivity index (χ0v) is 12.3. The SMILES string of the molecule is CCCNC(CC)(CC(N)=O)c1ccc(CC)cc1. The van der Waals surface area contributed by atoms with Gasteiger partial charge in [-0.2, -0.15) is 0 Å². The minimum Gasteiger partial charge on any atom is -0.370 e. The first kappa shape index (κ1) is 15.7. The number of benzene rings is 1. The summed E-state index contributed by atoms with van der Waals surface area (Å²) in [6, 6.07) is 8.50. The molecule has 0 radical (unpaired) electrons. The summed E-state index contributed by atoms with van der Waals surface area (Å²) >= 11 is 0. The van der Waals surface area contributed by atoms with Crippen molar-refractivity contribution >= 4 is 5.91 Å². The van der Waals surface area contributed by atoms with Crippen LogP contribution in [0.15, 0.2) is 24.3 Å². The summed E-state index contributed by atoms with van der Waals surface area (Å²) in [4.78, 5) is 11.4. The van der Waals surface area contributed by atoms with Crippen molar-refractivity contribution in [1.82, 2.24) is 5.32 Å². The van der Waals surface area contributed by atoms with Gasteiger partial charge in [0.2, 0.25) is 5.91 Å². The Hall–Kier alpha value is -1.35. The lowest BCUT2D eigenvalue weighted by Gasteiger charge is -2.34. The molecular formula is C16H26N2O. The van der Waals surface area contributed by atoms with Crippen LogP contribution in [0.25, 0.3) is 0 Å². The normalized spacial score (nSPS) is 14.1. The van der Waals surface area contributed by atoms with Crippen LogP contribution in [0.3, 0.4) is 0 Å². The Morgan fingerprint density at radius 1 is 1.21 bits per heavy atom. The molecule has 0 aromatic heterocycles. The third-order valence-electron chi connectivity index (χ3n) is 3.71. The van der Waals surface area contributed by atoms with Crippen LogP contribution >= 0.6 is 0 Å². The number of carbonyl (C=O) groups is 1. The number of carbonyl (C=O) groups excluding carboxylic acids is 1. The van der Waals surface area contributed by atoms with Crippen molar-refractivity contribution in [2.45, 2.75) is 52.0 Å². The maximum atomic E-state index is 11.4. The van der Waals surface area contributed by atoms with Crippen LogP contribution in [-0.2, 0) is 16.8 Å². The molecule has 3 nitrogen and oxygen atoms in total. The molecule has 19 heavy (non-hydrogen) atoms. The van der Waals surface area contributed by atoms with E-state index in [1.54, 1.807) is 0 Å². The second kappa shape index (κ2) is 7.29. The third kappa shape index (κ3) is 4.06. The van der Waals surface area contributed by atoms with E-state index in [0.29, 0.717) is 6.42 Å². The van der Waals surface area contributed by atoms with Gasteiger partial charge in [0.25, 0.3) is 0 Å². The van der Waals surface area contributed by atoms with Gasteiger partial charge in [-0.05, 0) is 36.9 Å². The third-order valence-corrected chi connectivity index (χ3v) is 3.71. The van der Waals surface area contributed by atoms with Crippen LogP contribution in [0.4, 0.5) is 0 Å². The van der Waals surface area contributed by atoms with Crippen LogP contribution < -0.4 is 11.1 Å². The van der Waals surface area contributed by atoms with E-state index in [1.807, 2.05) is 0 Å². The van der Waals surface area contributed by atoms with Gasteiger partial charge in [0.1, 0.15) is 0 Å². The standard InChI is InChI=1S/C16H26N2O/c1-4-11-18-16(6-3,12-15(17)19)14-9-7-13(5-2)8-10-14/h7-10,18H,4-6,11-12H2,1-3H3,(H2,17,19). The second-order valence-electron chi connectivity index (χ2n) is 5.06. The molecule has 0 bridgehead atoms. The molecule has 0 fully saturated rings. The minimum atomic E-state index is -0.325. The Morgan fingerprint density at radius 2 is 1.84 bits per heavy atom. The van der Waals surface area contributed by atoms with Gasteiger partial charge >= 0.3 is 0 Å². The number of nitrogens with two attached hydrogens (primary N) is 1. The zero-order chi connectivity index (χ0) is 14.3. The number of amides is 1. The fourth-order valence-electron chi connectivity index (χ4n) is 2.44. The largest absolute Gasteiger partial charge is 0.370 e. The molecule has 1 aromatic rings. The minimum absolute atomic E-state index is 0.259. The molecule has 1 aromatic carbocycles. The summed E-state index contributed by atoms with van der Waals surface area (Å²) in [5, 5.41) is 3.52. The van der Waals surface area contributed by atoms with E-state index in [2.05, 4.69) is 50.4 Å². The van der Waals surface area contributed by atoms with Gasteiger partial charge in [-0.3, -0.25) is 4.79 Å². The molecule has 1 unspecified atom stereocenters. The number of hydrogen-bond donors (Lipinski definition) is 2. The first-order valence-corrected chi connectivity index (χ1v) is 7.20. The first-order chi connectivity index (χ1) is 9.07. The van der Waals surface area contributed by atoms with Gasteiger partial charge < -0.3 is 11.1 Å². The van der Waals surface area contributed by atoms with E-state index in [9.17, 15) is 4.79 Å². The fourth-order valence-corrected chi connectivity index (χ4v) is 2.44. The van der Waals surface area contributed by atoms with Crippen LogP contribution in [0.5, 0.6) is 0 Å². The highest BCUT2D eigenvalue weighted by Crippen LogP contribution is 2.29. The Labute approximate surface area is 116 Å². The number of aryl methyl sites for hydroxylation is 1. The Morgan fingerprint density at radius 3 is 2.26 bits per heavy atom. The van der Waals surface area contributed by atoms with Crippen molar-refractivity contribution < 1.29 is 4.79 Å². The number of nitrogens with one attached hydrogen (secondary N) is 1. The monoisotopic (exact) mass is 262 g/mol. The highest BCUT2D eigenvalue weighted by molar-refractivity contribution is 5.75. The van der Waals surface area contributed by atoms with Gasteiger partial charge in [0, 0.05) is 6.42 Å². The van der Waals surface area contributed by atoms with Crippen molar-refractivity contribution in [3.05, 3.63) is 35.4 Å². The molecule has 1 amide bonds. The van der Waals surface area contributed by atoms with Gasteiger partial charge in [0.15, 0.2) is 0 Å². The number of primary amides is 1. The molecule has 0 aliphatic rings. The van der Waals surface area contributed by atoms with Crippen LogP contribution in [0.2, 0.25) is 0 Å². The van der Waals surface area contributed by atoms with E-state index >= 15 is 0 Å². The van der Waals surface area contributed by atoms with Crippen LogP contribution in [0, 0.1) is 0 Å². The molecule has 1 rings (SSSR count). The highest BCUT2D eigenvalue weighted by Gasteiger charge is 2.31. The zero-order valence-electron chi connectivity index (χ0n) is 12.3. The topological polar surface area (TPSA) is 55.1 Å². The molecule has 0 aliphatic carbocycles. The Kier molecular flexibility index (Phi) is 6.03. The number of hydrogen-bond acceptors (Lipinski definition) is 2. The van der Waals surface area contributed by atoms with Gasteiger partial charge in [-0.25, -0.2) is 0 Å².